The molecule has 8 nitrogen and oxygen atoms in total. The number of aliphatic hydroxyl groups is 3. The highest BCUT2D eigenvalue weighted by Gasteiger charge is 2.15. The van der Waals surface area contributed by atoms with E-state index in [-0.39, 0.29) is 25.6 Å². The van der Waals surface area contributed by atoms with E-state index in [0.717, 1.165) is 11.4 Å². The Bertz CT molecular complexity index is 750. The van der Waals surface area contributed by atoms with E-state index in [2.05, 4.69) is 15.6 Å². The van der Waals surface area contributed by atoms with Gasteiger partial charge in [-0.3, -0.25) is 9.69 Å². The van der Waals surface area contributed by atoms with E-state index < -0.39 is 0 Å². The fourth-order valence-electron chi connectivity index (χ4n) is 2.87. The molecule has 0 atom stereocenters. The molecule has 1 aliphatic carbocycles. The van der Waals surface area contributed by atoms with Gasteiger partial charge in [-0.2, -0.15) is 0 Å². The van der Waals surface area contributed by atoms with Gasteiger partial charge in [-0.25, -0.2) is 4.99 Å². The van der Waals surface area contributed by atoms with Crippen LogP contribution in [0.4, 0.5) is 11.4 Å². The first-order chi connectivity index (χ1) is 14.1. The van der Waals surface area contributed by atoms with E-state index in [0.29, 0.717) is 49.7 Å². The first-order valence-electron chi connectivity index (χ1n) is 9.73. The summed E-state index contributed by atoms with van der Waals surface area (Å²) in [5.41, 5.74) is 3.57. The number of carbonyl (C=O) groups excluding carboxylic acids is 1. The molecule has 1 aromatic carbocycles. The maximum Gasteiger partial charge on any atom is 0.183 e. The van der Waals surface area contributed by atoms with Crippen LogP contribution < -0.4 is 10.6 Å². The monoisotopic (exact) mass is 402 g/mol. The van der Waals surface area contributed by atoms with Crippen molar-refractivity contribution in [1.82, 2.24) is 10.2 Å². The van der Waals surface area contributed by atoms with Crippen molar-refractivity contribution in [3.63, 3.8) is 0 Å². The van der Waals surface area contributed by atoms with Crippen LogP contribution in [0, 0.1) is 0 Å². The Morgan fingerprint density at radius 2 is 1.59 bits per heavy atom. The number of hydrogen-bond acceptors (Lipinski definition) is 8. The molecule has 2 rings (SSSR count). The van der Waals surface area contributed by atoms with Crippen LogP contribution in [0.25, 0.3) is 0 Å². The number of ketones is 1. The second-order valence-corrected chi connectivity index (χ2v) is 6.66. The van der Waals surface area contributed by atoms with Gasteiger partial charge in [-0.15, -0.1) is 0 Å². The standard InChI is InChI=1S/C21H30N4O4/c1-16-14-20(19(15-21(16)29)23-7-11-26)24-18-4-2-17(3-5-18)22-6-8-25(9-12-27)10-13-28/h2-5,14-15,22-23,26-28H,6-13H2,1H3/b24-20+. The predicted octanol–water partition coefficient (Wildman–Crippen LogP) is 0.452. The van der Waals surface area contributed by atoms with Gasteiger partial charge in [0.15, 0.2) is 5.78 Å². The molecule has 0 aliphatic heterocycles. The summed E-state index contributed by atoms with van der Waals surface area (Å²) in [6.45, 7) is 4.68. The summed E-state index contributed by atoms with van der Waals surface area (Å²) >= 11 is 0. The van der Waals surface area contributed by atoms with Crippen molar-refractivity contribution in [3.8, 4) is 0 Å². The molecule has 5 N–H and O–H groups in total. The SMILES string of the molecule is CC1=C/C(=N\c2ccc(NCCN(CCO)CCO)cc2)C(NCCO)=CC1=O. The molecular weight excluding hydrogens is 372 g/mol. The molecule has 0 heterocycles. The molecule has 1 aliphatic rings. The lowest BCUT2D eigenvalue weighted by atomic mass is 10.0. The molecule has 0 saturated heterocycles. The second kappa shape index (κ2) is 12.1. The van der Waals surface area contributed by atoms with Gasteiger partial charge >= 0.3 is 0 Å². The van der Waals surface area contributed by atoms with Crippen molar-refractivity contribution in [1.29, 1.82) is 0 Å². The van der Waals surface area contributed by atoms with Gasteiger partial charge in [0, 0.05) is 44.5 Å². The Balaban J connectivity index is 1.99. The van der Waals surface area contributed by atoms with Crippen molar-refractivity contribution in [3.05, 3.63) is 47.7 Å². The molecule has 0 spiro atoms. The van der Waals surface area contributed by atoms with Crippen LogP contribution in [0.2, 0.25) is 0 Å². The average molecular weight is 402 g/mol. The van der Waals surface area contributed by atoms with E-state index in [4.69, 9.17) is 15.3 Å². The fourth-order valence-corrected chi connectivity index (χ4v) is 2.87. The molecule has 29 heavy (non-hydrogen) atoms. The van der Waals surface area contributed by atoms with Gasteiger partial charge in [0.1, 0.15) is 0 Å². The highest BCUT2D eigenvalue weighted by molar-refractivity contribution is 6.22. The maximum absolute atomic E-state index is 11.9. The predicted molar refractivity (Wildman–Crippen MR) is 115 cm³/mol. The number of hydrogen-bond donors (Lipinski definition) is 5. The lowest BCUT2D eigenvalue weighted by Crippen LogP contribution is -2.34. The number of carbonyl (C=O) groups is 1. The third kappa shape index (κ3) is 7.43. The van der Waals surface area contributed by atoms with E-state index in [9.17, 15) is 4.79 Å². The Morgan fingerprint density at radius 1 is 0.897 bits per heavy atom. The fraction of sp³-hybridized carbons (Fsp3) is 0.429. The average Bonchev–Trinajstić information content (AvgIpc) is 2.71. The maximum atomic E-state index is 11.9. The van der Waals surface area contributed by atoms with Crippen LogP contribution in [0.5, 0.6) is 0 Å². The highest BCUT2D eigenvalue weighted by atomic mass is 16.3. The summed E-state index contributed by atoms with van der Waals surface area (Å²) in [6.07, 6.45) is 3.25. The minimum Gasteiger partial charge on any atom is -0.395 e. The minimum absolute atomic E-state index is 0.0318. The lowest BCUT2D eigenvalue weighted by molar-refractivity contribution is -0.111. The summed E-state index contributed by atoms with van der Waals surface area (Å²) < 4.78 is 0. The molecule has 0 radical (unpaired) electrons. The first-order valence-corrected chi connectivity index (χ1v) is 9.73. The van der Waals surface area contributed by atoms with E-state index in [1.165, 1.54) is 6.08 Å². The Morgan fingerprint density at radius 3 is 2.21 bits per heavy atom. The Hall–Kier alpha value is -2.52. The summed E-state index contributed by atoms with van der Waals surface area (Å²) in [5, 5.41) is 33.4. The van der Waals surface area contributed by atoms with Gasteiger partial charge in [0.25, 0.3) is 0 Å². The molecule has 0 saturated carbocycles. The molecule has 1 aromatic rings. The van der Waals surface area contributed by atoms with Crippen LogP contribution in [-0.4, -0.2) is 84.3 Å². The number of rotatable bonds is 12. The van der Waals surface area contributed by atoms with Gasteiger partial charge in [-0.1, -0.05) is 0 Å². The largest absolute Gasteiger partial charge is 0.395 e. The third-order valence-electron chi connectivity index (χ3n) is 4.43. The summed E-state index contributed by atoms with van der Waals surface area (Å²) in [7, 11) is 0. The zero-order valence-corrected chi connectivity index (χ0v) is 16.8. The number of nitrogens with one attached hydrogen (secondary N) is 2. The number of nitrogens with zero attached hydrogens (tertiary/aromatic N) is 2. The zero-order valence-electron chi connectivity index (χ0n) is 16.8. The van der Waals surface area contributed by atoms with Gasteiger partial charge in [0.2, 0.25) is 0 Å². The quantitative estimate of drug-likeness (QED) is 0.322. The normalized spacial score (nSPS) is 15.5. The van der Waals surface area contributed by atoms with Crippen molar-refractivity contribution in [2.75, 3.05) is 57.9 Å². The topological polar surface area (TPSA) is 117 Å². The number of aliphatic imine (C=N–C) groups is 1. The minimum atomic E-state index is -0.0691. The van der Waals surface area contributed by atoms with Gasteiger partial charge in [-0.05, 0) is 42.8 Å². The first kappa shape index (κ1) is 22.8. The number of benzene rings is 1. The van der Waals surface area contributed by atoms with Crippen LogP contribution in [0.3, 0.4) is 0 Å². The number of anilines is 1. The molecule has 0 fully saturated rings. The van der Waals surface area contributed by atoms with Crippen LogP contribution in [0.15, 0.2) is 52.7 Å². The van der Waals surface area contributed by atoms with E-state index >= 15 is 0 Å². The molecule has 0 bridgehead atoms. The summed E-state index contributed by atoms with van der Waals surface area (Å²) in [5.74, 6) is -0.0691. The molecule has 0 aromatic heterocycles. The molecule has 0 amide bonds. The van der Waals surface area contributed by atoms with Crippen molar-refractivity contribution < 1.29 is 20.1 Å². The highest BCUT2D eigenvalue weighted by Crippen LogP contribution is 2.20. The second-order valence-electron chi connectivity index (χ2n) is 6.66. The van der Waals surface area contributed by atoms with E-state index in [1.54, 1.807) is 13.0 Å². The number of aliphatic hydroxyl groups excluding tert-OH is 3. The number of allylic oxidation sites excluding steroid dienone is 3. The van der Waals surface area contributed by atoms with E-state index in [1.807, 2.05) is 29.2 Å². The summed E-state index contributed by atoms with van der Waals surface area (Å²) in [6, 6.07) is 7.63. The molecule has 158 valence electrons. The van der Waals surface area contributed by atoms with Crippen LogP contribution >= 0.6 is 0 Å². The van der Waals surface area contributed by atoms with Gasteiger partial charge < -0.3 is 26.0 Å². The van der Waals surface area contributed by atoms with Crippen LogP contribution in [-0.2, 0) is 4.79 Å². The van der Waals surface area contributed by atoms with Crippen molar-refractivity contribution in [2.24, 2.45) is 4.99 Å². The molecular formula is C21H30N4O4. The molecule has 8 heteroatoms. The third-order valence-corrected chi connectivity index (χ3v) is 4.43. The van der Waals surface area contributed by atoms with Gasteiger partial charge in [0.05, 0.1) is 36.9 Å². The Kier molecular flexibility index (Phi) is 9.52. The molecule has 0 unspecified atom stereocenters. The van der Waals surface area contributed by atoms with Crippen LogP contribution in [0.1, 0.15) is 6.92 Å². The van der Waals surface area contributed by atoms with Crippen molar-refractivity contribution >= 4 is 22.9 Å². The lowest BCUT2D eigenvalue weighted by Gasteiger charge is -2.20. The van der Waals surface area contributed by atoms with Crippen molar-refractivity contribution in [2.45, 2.75) is 6.92 Å². The Labute approximate surface area is 171 Å². The summed E-state index contributed by atoms with van der Waals surface area (Å²) in [4.78, 5) is 18.5. The zero-order chi connectivity index (χ0) is 21.1. The smallest absolute Gasteiger partial charge is 0.183 e.